The maximum atomic E-state index is 11.3. The molecule has 0 aliphatic carbocycles. The molecule has 1 aliphatic heterocycles. The predicted octanol–water partition coefficient (Wildman–Crippen LogP) is 0.0759. The summed E-state index contributed by atoms with van der Waals surface area (Å²) >= 11 is 0. The molecular weight excluding hydrogens is 391 g/mol. The Morgan fingerprint density at radius 3 is 2.55 bits per heavy atom. The largest absolute Gasteiger partial charge is 0.357 e. The van der Waals surface area contributed by atoms with Crippen LogP contribution in [0.5, 0.6) is 0 Å². The maximum Gasteiger partial charge on any atom is 0.191 e. The Bertz CT molecular complexity index is 398. The van der Waals surface area contributed by atoms with Crippen LogP contribution in [0.3, 0.4) is 0 Å². The van der Waals surface area contributed by atoms with Gasteiger partial charge in [-0.25, -0.2) is 8.42 Å². The fourth-order valence-corrected chi connectivity index (χ4v) is 3.06. The van der Waals surface area contributed by atoms with Crippen LogP contribution in [-0.2, 0) is 9.84 Å². The summed E-state index contributed by atoms with van der Waals surface area (Å²) in [4.78, 5) is 6.58. The minimum absolute atomic E-state index is 0. The van der Waals surface area contributed by atoms with E-state index in [0.717, 1.165) is 19.0 Å². The monoisotopic (exact) mass is 416 g/mol. The zero-order valence-corrected chi connectivity index (χ0v) is 15.1. The van der Waals surface area contributed by atoms with Gasteiger partial charge in [-0.3, -0.25) is 9.89 Å². The first-order chi connectivity index (χ1) is 9.07. The lowest BCUT2D eigenvalue weighted by molar-refractivity contribution is 0.304. The van der Waals surface area contributed by atoms with Gasteiger partial charge >= 0.3 is 0 Å². The van der Waals surface area contributed by atoms with Crippen molar-refractivity contribution in [2.75, 3.05) is 50.8 Å². The van der Waals surface area contributed by atoms with E-state index in [1.165, 1.54) is 0 Å². The minimum atomic E-state index is -2.79. The van der Waals surface area contributed by atoms with E-state index in [9.17, 15) is 8.42 Å². The molecule has 0 aromatic carbocycles. The summed E-state index contributed by atoms with van der Waals surface area (Å²) in [6.45, 7) is 9.84. The molecule has 0 amide bonds. The molecule has 0 saturated carbocycles. The van der Waals surface area contributed by atoms with E-state index in [4.69, 9.17) is 0 Å². The molecule has 6 nitrogen and oxygen atoms in total. The smallest absolute Gasteiger partial charge is 0.191 e. The molecule has 1 rings (SSSR count). The highest BCUT2D eigenvalue weighted by Gasteiger charge is 2.20. The van der Waals surface area contributed by atoms with Gasteiger partial charge in [-0.2, -0.15) is 0 Å². The lowest BCUT2D eigenvalue weighted by atomic mass is 10.4. The van der Waals surface area contributed by atoms with E-state index < -0.39 is 9.84 Å². The fourth-order valence-electron chi connectivity index (χ4n) is 1.79. The Balaban J connectivity index is 0.00000361. The van der Waals surface area contributed by atoms with Gasteiger partial charge in [0.15, 0.2) is 15.8 Å². The van der Waals surface area contributed by atoms with Crippen LogP contribution >= 0.6 is 24.0 Å². The van der Waals surface area contributed by atoms with Crippen LogP contribution in [0.2, 0.25) is 0 Å². The first-order valence-electron chi connectivity index (χ1n) is 6.63. The zero-order chi connectivity index (χ0) is 14.1. The van der Waals surface area contributed by atoms with Gasteiger partial charge in [-0.15, -0.1) is 30.6 Å². The lowest BCUT2D eigenvalue weighted by Gasteiger charge is -2.25. The van der Waals surface area contributed by atoms with E-state index in [0.29, 0.717) is 26.2 Å². The van der Waals surface area contributed by atoms with Crippen molar-refractivity contribution >= 4 is 39.8 Å². The van der Waals surface area contributed by atoms with Crippen LogP contribution in [0.1, 0.15) is 6.92 Å². The fraction of sp³-hybridized carbons (Fsp3) is 0.750. The molecule has 2 N–H and O–H groups in total. The van der Waals surface area contributed by atoms with Crippen molar-refractivity contribution < 1.29 is 8.42 Å². The molecule has 0 bridgehead atoms. The third-order valence-electron chi connectivity index (χ3n) is 2.88. The average Bonchev–Trinajstić information content (AvgIpc) is 2.38. The van der Waals surface area contributed by atoms with Crippen LogP contribution in [0.4, 0.5) is 0 Å². The molecule has 1 fully saturated rings. The van der Waals surface area contributed by atoms with Gasteiger partial charge in [0.1, 0.15) is 0 Å². The third kappa shape index (κ3) is 8.05. The second-order valence-corrected chi connectivity index (χ2v) is 6.73. The number of guanidine groups is 1. The van der Waals surface area contributed by atoms with E-state index in [1.54, 1.807) is 6.08 Å². The van der Waals surface area contributed by atoms with Crippen molar-refractivity contribution in [2.24, 2.45) is 4.99 Å². The van der Waals surface area contributed by atoms with Crippen LogP contribution in [-0.4, -0.2) is 70.1 Å². The average molecular weight is 416 g/mol. The first-order valence-corrected chi connectivity index (χ1v) is 8.45. The molecule has 0 spiro atoms. The number of halogens is 1. The number of hydrogen-bond acceptors (Lipinski definition) is 4. The van der Waals surface area contributed by atoms with Crippen molar-refractivity contribution in [2.45, 2.75) is 6.92 Å². The molecular formula is C12H25IN4O2S. The summed E-state index contributed by atoms with van der Waals surface area (Å²) in [5, 5.41) is 6.27. The van der Waals surface area contributed by atoms with Gasteiger partial charge in [0, 0.05) is 32.7 Å². The van der Waals surface area contributed by atoms with Gasteiger partial charge in [0.2, 0.25) is 0 Å². The normalized spacial score (nSPS) is 18.9. The summed E-state index contributed by atoms with van der Waals surface area (Å²) in [6.07, 6.45) is 1.78. The molecule has 0 atom stereocenters. The highest BCUT2D eigenvalue weighted by atomic mass is 127. The Kier molecular flexibility index (Phi) is 10.2. The molecule has 0 radical (unpaired) electrons. The summed E-state index contributed by atoms with van der Waals surface area (Å²) in [7, 11) is -2.79. The predicted molar refractivity (Wildman–Crippen MR) is 94.7 cm³/mol. The molecule has 1 aliphatic rings. The first kappa shape index (κ1) is 19.7. The summed E-state index contributed by atoms with van der Waals surface area (Å²) in [5.41, 5.74) is 0. The third-order valence-corrected chi connectivity index (χ3v) is 4.49. The standard InChI is InChI=1S/C12H24N4O2S.HI/c1-3-5-14-12(13-4-2)15-6-7-16-8-10-19(17,18)11-9-16;/h3H,1,4-11H2,2H3,(H2,13,14,15);1H. The van der Waals surface area contributed by atoms with Crippen molar-refractivity contribution in [3.8, 4) is 0 Å². The molecule has 8 heteroatoms. The van der Waals surface area contributed by atoms with Gasteiger partial charge < -0.3 is 10.6 Å². The molecule has 0 aromatic heterocycles. The number of aliphatic imine (C=N–C) groups is 1. The van der Waals surface area contributed by atoms with Gasteiger partial charge in [-0.05, 0) is 6.92 Å². The number of nitrogens with one attached hydrogen (secondary N) is 2. The number of rotatable bonds is 6. The van der Waals surface area contributed by atoms with E-state index in [2.05, 4.69) is 27.1 Å². The number of nitrogens with zero attached hydrogens (tertiary/aromatic N) is 2. The summed E-state index contributed by atoms with van der Waals surface area (Å²) < 4.78 is 22.6. The minimum Gasteiger partial charge on any atom is -0.357 e. The Labute approximate surface area is 139 Å². The number of hydrogen-bond donors (Lipinski definition) is 2. The van der Waals surface area contributed by atoms with Gasteiger partial charge in [0.25, 0.3) is 0 Å². The highest BCUT2D eigenvalue weighted by molar-refractivity contribution is 14.0. The van der Waals surface area contributed by atoms with Crippen molar-refractivity contribution in [3.05, 3.63) is 12.7 Å². The second kappa shape index (κ2) is 10.4. The maximum absolute atomic E-state index is 11.3. The van der Waals surface area contributed by atoms with Crippen molar-refractivity contribution in [1.29, 1.82) is 0 Å². The van der Waals surface area contributed by atoms with Gasteiger partial charge in [0.05, 0.1) is 18.1 Å². The van der Waals surface area contributed by atoms with E-state index in [-0.39, 0.29) is 35.5 Å². The van der Waals surface area contributed by atoms with Gasteiger partial charge in [-0.1, -0.05) is 6.08 Å². The molecule has 0 unspecified atom stereocenters. The van der Waals surface area contributed by atoms with Crippen LogP contribution in [0, 0.1) is 0 Å². The Morgan fingerprint density at radius 1 is 1.35 bits per heavy atom. The Morgan fingerprint density at radius 2 is 2.00 bits per heavy atom. The molecule has 118 valence electrons. The lowest BCUT2D eigenvalue weighted by Crippen LogP contribution is -2.42. The topological polar surface area (TPSA) is 73.8 Å². The van der Waals surface area contributed by atoms with Crippen LogP contribution in [0.25, 0.3) is 0 Å². The van der Waals surface area contributed by atoms with Crippen LogP contribution < -0.4 is 10.6 Å². The molecule has 1 heterocycles. The summed E-state index contributed by atoms with van der Waals surface area (Å²) in [5.74, 6) is 1.31. The zero-order valence-electron chi connectivity index (χ0n) is 12.0. The van der Waals surface area contributed by atoms with E-state index >= 15 is 0 Å². The number of sulfone groups is 1. The van der Waals surface area contributed by atoms with Crippen molar-refractivity contribution in [3.63, 3.8) is 0 Å². The molecule has 20 heavy (non-hydrogen) atoms. The molecule has 1 saturated heterocycles. The van der Waals surface area contributed by atoms with Crippen LogP contribution in [0.15, 0.2) is 17.6 Å². The highest BCUT2D eigenvalue weighted by Crippen LogP contribution is 2.02. The quantitative estimate of drug-likeness (QED) is 0.278. The van der Waals surface area contributed by atoms with Crippen molar-refractivity contribution in [1.82, 2.24) is 15.5 Å². The second-order valence-electron chi connectivity index (χ2n) is 4.42. The summed E-state index contributed by atoms with van der Waals surface area (Å²) in [6, 6.07) is 0. The Hall–Kier alpha value is -0.350. The van der Waals surface area contributed by atoms with E-state index in [1.807, 2.05) is 6.92 Å². The molecule has 0 aromatic rings. The SMILES string of the molecule is C=CCNC(=NCCN1CCS(=O)(=O)CC1)NCC.I.